The van der Waals surface area contributed by atoms with E-state index < -0.39 is 0 Å². The molecular weight excluding hydrogens is 264 g/mol. The van der Waals surface area contributed by atoms with Gasteiger partial charge in [-0.25, -0.2) is 10.8 Å². The molecule has 0 aliphatic heterocycles. The van der Waals surface area contributed by atoms with Gasteiger partial charge in [0.25, 0.3) is 0 Å². The molecular formula is C10H16N8S. The molecule has 0 spiro atoms. The molecule has 2 heterocycles. The molecule has 0 radical (unpaired) electrons. The summed E-state index contributed by atoms with van der Waals surface area (Å²) in [7, 11) is 3.70. The lowest BCUT2D eigenvalue weighted by Gasteiger charge is -2.12. The van der Waals surface area contributed by atoms with Crippen LogP contribution in [0.15, 0.2) is 6.20 Å². The van der Waals surface area contributed by atoms with Gasteiger partial charge >= 0.3 is 0 Å². The largest absolute Gasteiger partial charge is 0.348 e. The van der Waals surface area contributed by atoms with Crippen molar-refractivity contribution in [2.24, 2.45) is 5.84 Å². The predicted molar refractivity (Wildman–Crippen MR) is 76.1 cm³/mol. The van der Waals surface area contributed by atoms with E-state index in [0.29, 0.717) is 24.4 Å². The fourth-order valence-corrected chi connectivity index (χ4v) is 2.07. The number of anilines is 3. The van der Waals surface area contributed by atoms with Gasteiger partial charge in [-0.15, -0.1) is 11.3 Å². The van der Waals surface area contributed by atoms with Crippen LogP contribution in [0.25, 0.3) is 0 Å². The first-order valence-electron chi connectivity index (χ1n) is 5.63. The number of aryl methyl sites for hydroxylation is 1. The highest BCUT2D eigenvalue weighted by molar-refractivity contribution is 7.11. The topological polar surface area (TPSA) is 105 Å². The first kappa shape index (κ1) is 13.4. The van der Waals surface area contributed by atoms with Crippen molar-refractivity contribution in [3.63, 3.8) is 0 Å². The van der Waals surface area contributed by atoms with Gasteiger partial charge < -0.3 is 10.2 Å². The molecule has 2 rings (SSSR count). The zero-order chi connectivity index (χ0) is 13.8. The lowest BCUT2D eigenvalue weighted by Crippen LogP contribution is -2.19. The number of nitrogens with one attached hydrogen (secondary N) is 2. The second kappa shape index (κ2) is 5.76. The molecule has 0 bridgehead atoms. The number of nitrogen functional groups attached to an aromatic ring is 1. The molecule has 0 saturated heterocycles. The summed E-state index contributed by atoms with van der Waals surface area (Å²) in [5.41, 5.74) is 2.42. The third-order valence-electron chi connectivity index (χ3n) is 2.22. The molecule has 0 aromatic carbocycles. The fourth-order valence-electron chi connectivity index (χ4n) is 1.35. The molecule has 2 aromatic heterocycles. The molecule has 0 saturated carbocycles. The van der Waals surface area contributed by atoms with E-state index in [1.165, 1.54) is 4.88 Å². The van der Waals surface area contributed by atoms with E-state index in [2.05, 4.69) is 30.7 Å². The molecule has 0 aliphatic carbocycles. The number of hydrogen-bond acceptors (Lipinski definition) is 9. The predicted octanol–water partition coefficient (Wildman–Crippen LogP) is 0.600. The van der Waals surface area contributed by atoms with Crippen LogP contribution >= 0.6 is 11.3 Å². The molecule has 0 aliphatic rings. The summed E-state index contributed by atoms with van der Waals surface area (Å²) in [6, 6.07) is 0. The lowest BCUT2D eigenvalue weighted by atomic mass is 10.6. The van der Waals surface area contributed by atoms with E-state index >= 15 is 0 Å². The quantitative estimate of drug-likeness (QED) is 0.540. The van der Waals surface area contributed by atoms with Gasteiger partial charge in [-0.2, -0.15) is 15.0 Å². The van der Waals surface area contributed by atoms with Crippen molar-refractivity contribution >= 4 is 29.2 Å². The van der Waals surface area contributed by atoms with E-state index in [0.717, 1.165) is 5.01 Å². The molecule has 0 atom stereocenters. The van der Waals surface area contributed by atoms with Gasteiger partial charge in [-0.3, -0.25) is 5.43 Å². The molecule has 8 nitrogen and oxygen atoms in total. The Morgan fingerprint density at radius 2 is 2.00 bits per heavy atom. The maximum absolute atomic E-state index is 5.34. The first-order chi connectivity index (χ1) is 9.08. The van der Waals surface area contributed by atoms with E-state index in [1.54, 1.807) is 16.2 Å². The van der Waals surface area contributed by atoms with E-state index in [9.17, 15) is 0 Å². The number of nitrogens with two attached hydrogens (primary N) is 1. The van der Waals surface area contributed by atoms with Crippen LogP contribution < -0.4 is 21.5 Å². The third-order valence-corrected chi connectivity index (χ3v) is 3.13. The van der Waals surface area contributed by atoms with E-state index in [1.807, 2.05) is 27.2 Å². The minimum atomic E-state index is 0.316. The highest BCUT2D eigenvalue weighted by Crippen LogP contribution is 2.14. The fraction of sp³-hybridized carbons (Fsp3) is 0.400. The summed E-state index contributed by atoms with van der Waals surface area (Å²) >= 11 is 1.63. The van der Waals surface area contributed by atoms with Crippen molar-refractivity contribution in [1.29, 1.82) is 0 Å². The van der Waals surface area contributed by atoms with Crippen LogP contribution in [0.5, 0.6) is 0 Å². The van der Waals surface area contributed by atoms with Crippen LogP contribution in [0.4, 0.5) is 17.8 Å². The van der Waals surface area contributed by atoms with Gasteiger partial charge in [0.05, 0.1) is 6.54 Å². The van der Waals surface area contributed by atoms with Crippen molar-refractivity contribution in [3.8, 4) is 0 Å². The van der Waals surface area contributed by atoms with Gasteiger partial charge in [0.15, 0.2) is 0 Å². The number of hydrazine groups is 1. The molecule has 0 unspecified atom stereocenters. The average molecular weight is 280 g/mol. The molecule has 102 valence electrons. The Bertz CT molecular complexity index is 552. The molecule has 9 heteroatoms. The summed E-state index contributed by atoms with van der Waals surface area (Å²) in [4.78, 5) is 19.8. The van der Waals surface area contributed by atoms with E-state index in [-0.39, 0.29) is 0 Å². The number of thiazole rings is 1. The second-order valence-corrected chi connectivity index (χ2v) is 5.36. The summed E-state index contributed by atoms with van der Waals surface area (Å²) in [5.74, 6) is 6.64. The number of nitrogens with zero attached hydrogens (tertiary/aromatic N) is 5. The average Bonchev–Trinajstić information content (AvgIpc) is 2.81. The summed E-state index contributed by atoms with van der Waals surface area (Å²) < 4.78 is 0. The minimum absolute atomic E-state index is 0.316. The molecule has 0 amide bonds. The van der Waals surface area contributed by atoms with Crippen LogP contribution in [0.3, 0.4) is 0 Å². The van der Waals surface area contributed by atoms with Gasteiger partial charge in [0.1, 0.15) is 5.01 Å². The molecule has 0 fully saturated rings. The standard InChI is InChI=1S/C10H16N8S/c1-6-4-12-7(19-6)5-13-8-14-9(17-11)16-10(15-8)18(2)3/h4H,5,11H2,1-3H3,(H2,13,14,15,16,17). The Labute approximate surface area is 115 Å². The Kier molecular flexibility index (Phi) is 4.07. The third kappa shape index (κ3) is 3.48. The summed E-state index contributed by atoms with van der Waals surface area (Å²) in [5, 5.41) is 4.09. The zero-order valence-electron chi connectivity index (χ0n) is 11.0. The minimum Gasteiger partial charge on any atom is -0.348 e. The maximum atomic E-state index is 5.34. The van der Waals surface area contributed by atoms with Crippen LogP contribution in [0.1, 0.15) is 9.88 Å². The van der Waals surface area contributed by atoms with Gasteiger partial charge in [0, 0.05) is 25.2 Å². The van der Waals surface area contributed by atoms with E-state index in [4.69, 9.17) is 5.84 Å². The molecule has 19 heavy (non-hydrogen) atoms. The lowest BCUT2D eigenvalue weighted by molar-refractivity contribution is 0.937. The summed E-state index contributed by atoms with van der Waals surface area (Å²) in [6.07, 6.45) is 1.84. The van der Waals surface area contributed by atoms with Gasteiger partial charge in [0.2, 0.25) is 17.8 Å². The monoisotopic (exact) mass is 280 g/mol. The SMILES string of the molecule is Cc1cnc(CNc2nc(NN)nc(N(C)C)n2)s1. The Morgan fingerprint density at radius 3 is 2.58 bits per heavy atom. The zero-order valence-corrected chi connectivity index (χ0v) is 11.8. The van der Waals surface area contributed by atoms with Gasteiger partial charge in [-0.05, 0) is 6.92 Å². The Hall–Kier alpha value is -2.00. The second-order valence-electron chi connectivity index (χ2n) is 4.04. The number of rotatable bonds is 5. The molecule has 4 N–H and O–H groups in total. The Morgan fingerprint density at radius 1 is 1.26 bits per heavy atom. The van der Waals surface area contributed by atoms with Crippen molar-refractivity contribution in [2.45, 2.75) is 13.5 Å². The van der Waals surface area contributed by atoms with Gasteiger partial charge in [-0.1, -0.05) is 0 Å². The van der Waals surface area contributed by atoms with Crippen LogP contribution in [-0.4, -0.2) is 34.0 Å². The highest BCUT2D eigenvalue weighted by atomic mass is 32.1. The maximum Gasteiger partial charge on any atom is 0.243 e. The van der Waals surface area contributed by atoms with Crippen molar-refractivity contribution < 1.29 is 0 Å². The van der Waals surface area contributed by atoms with Crippen molar-refractivity contribution in [3.05, 3.63) is 16.1 Å². The van der Waals surface area contributed by atoms with Crippen LogP contribution in [0, 0.1) is 6.92 Å². The van der Waals surface area contributed by atoms with Crippen molar-refractivity contribution in [2.75, 3.05) is 29.7 Å². The first-order valence-corrected chi connectivity index (χ1v) is 6.45. The van der Waals surface area contributed by atoms with Crippen molar-refractivity contribution in [1.82, 2.24) is 19.9 Å². The normalized spacial score (nSPS) is 10.3. The summed E-state index contributed by atoms with van der Waals surface area (Å²) in [6.45, 7) is 2.59. The van der Waals surface area contributed by atoms with Crippen LogP contribution in [-0.2, 0) is 6.54 Å². The Balaban J connectivity index is 2.12. The number of aromatic nitrogens is 4. The van der Waals surface area contributed by atoms with Crippen LogP contribution in [0.2, 0.25) is 0 Å². The molecule has 2 aromatic rings. The number of hydrogen-bond donors (Lipinski definition) is 3. The smallest absolute Gasteiger partial charge is 0.243 e. The highest BCUT2D eigenvalue weighted by Gasteiger charge is 2.07.